The van der Waals surface area contributed by atoms with Gasteiger partial charge in [-0.15, -0.1) is 0 Å². The van der Waals surface area contributed by atoms with Gasteiger partial charge in [0.15, 0.2) is 11.2 Å². The van der Waals surface area contributed by atoms with Crippen molar-refractivity contribution < 1.29 is 128 Å². The van der Waals surface area contributed by atoms with Gasteiger partial charge in [-0.2, -0.15) is 0 Å². The molecule has 0 saturated carbocycles. The molecule has 1 N–H and O–H groups in total. The number of alkyl halides is 1. The Morgan fingerprint density at radius 1 is 0.603 bits per heavy atom. The Morgan fingerprint density at radius 2 is 1.03 bits per heavy atom. The van der Waals surface area contributed by atoms with Gasteiger partial charge in [0.1, 0.15) is 11.0 Å². The van der Waals surface area contributed by atoms with Crippen LogP contribution in [0.2, 0.25) is 20.1 Å². The molecule has 0 aliphatic heterocycles. The molecule has 0 spiro atoms. The van der Waals surface area contributed by atoms with Gasteiger partial charge >= 0.3 is 103 Å². The number of aromatic nitrogens is 2. The summed E-state index contributed by atoms with van der Waals surface area (Å²) in [5.74, 6) is 1.20. The maximum absolute atomic E-state index is 8.64. The van der Waals surface area contributed by atoms with E-state index in [0.29, 0.717) is 38.4 Å². The Balaban J connectivity index is 0.000000333. The quantitative estimate of drug-likeness (QED) is 0.0470. The molecule has 2 aromatic heterocycles. The number of anilines is 4. The Kier molecular flexibility index (Phi) is 27.3. The second-order valence-electron chi connectivity index (χ2n) is 19.2. The van der Waals surface area contributed by atoms with Crippen LogP contribution in [-0.4, -0.2) is 16.4 Å². The Bertz CT molecular complexity index is 3410. The molecular formula is C62H59BrCl4K2N4O5. The summed E-state index contributed by atoms with van der Waals surface area (Å²) in [6.07, 6.45) is 0. The second-order valence-corrected chi connectivity index (χ2v) is 21.3. The minimum Gasteiger partial charge on any atom is -1.00 e. The first kappa shape index (κ1) is 67.1. The third kappa shape index (κ3) is 18.6. The molecular weight excluding hydrogens is 1180 g/mol. The number of rotatable bonds is 10. The summed E-state index contributed by atoms with van der Waals surface area (Å²) in [5, 5.41) is 14.9. The van der Waals surface area contributed by atoms with Gasteiger partial charge in [0.2, 0.25) is 11.8 Å². The third-order valence-corrected chi connectivity index (χ3v) is 13.9. The molecule has 0 bridgehead atoms. The Labute approximate surface area is 572 Å². The topological polar surface area (TPSA) is 117 Å². The predicted molar refractivity (Wildman–Crippen MR) is 319 cm³/mol. The smallest absolute Gasteiger partial charge is 1.00 e. The molecule has 9 nitrogen and oxygen atoms in total. The number of hydrogen-bond donors (Lipinski definition) is 1. The largest absolute Gasteiger partial charge is 1.00 e. The summed E-state index contributed by atoms with van der Waals surface area (Å²) in [6, 6.07) is 60.3. The van der Waals surface area contributed by atoms with E-state index in [1.807, 2.05) is 140 Å². The molecule has 78 heavy (non-hydrogen) atoms. The van der Waals surface area contributed by atoms with Crippen LogP contribution in [0.5, 0.6) is 0 Å². The van der Waals surface area contributed by atoms with E-state index < -0.39 is 0 Å². The minimum absolute atomic E-state index is 0. The van der Waals surface area contributed by atoms with Gasteiger partial charge in [0, 0.05) is 34.4 Å². The van der Waals surface area contributed by atoms with Crippen LogP contribution in [0.15, 0.2) is 191 Å². The number of carbonyl (C=O) groups excluding carboxylic acids is 1. The van der Waals surface area contributed by atoms with Gasteiger partial charge in [0.25, 0.3) is 6.47 Å². The first-order valence-electron chi connectivity index (χ1n) is 23.8. The monoisotopic (exact) mass is 1240 g/mol. The molecule has 0 amide bonds. The van der Waals surface area contributed by atoms with Gasteiger partial charge in [0.05, 0.1) is 31.5 Å². The van der Waals surface area contributed by atoms with Gasteiger partial charge in [-0.1, -0.05) is 196 Å². The zero-order chi connectivity index (χ0) is 53.7. The summed E-state index contributed by atoms with van der Waals surface area (Å²) in [6.45, 7) is 13.4. The Morgan fingerprint density at radius 3 is 1.46 bits per heavy atom. The number of para-hydroxylation sites is 4. The standard InChI is InChI=1S/C30H26Cl2N2O.C23H20Cl2N2O.C7H7Br.CH2O3.CH4.2K.H/c1-30(2,3)22-17-24(31)28(32)26(18-22)34(19-20-9-5-4-6-10-20)23-15-13-21(14-16-23)29-33-25-11-7-8-12-27(25)35-29;1-23(2,3)15-12-17(24)21(25)19(13-15)26-16-10-8-14(9-11-16)22-27-18-6-4-5-7-20(18)28-22;8-6-7-4-2-1-3-5-7;2-1-4-3;;;;/h4-18H,19H2,1-3H3;4-13,26H,1-3H3;1-5H,6H2;1,3H;1H4;;;/q;;;;;2*+1;-1/p-1. The van der Waals surface area contributed by atoms with Crippen LogP contribution < -0.4 is 118 Å². The molecule has 10 aromatic rings. The van der Waals surface area contributed by atoms with E-state index in [-0.39, 0.29) is 129 Å². The maximum Gasteiger partial charge on any atom is 1.00 e. The van der Waals surface area contributed by atoms with Crippen molar-refractivity contribution in [1.82, 2.24) is 9.97 Å². The van der Waals surface area contributed by atoms with E-state index in [1.165, 1.54) is 11.1 Å². The summed E-state index contributed by atoms with van der Waals surface area (Å²) in [7, 11) is 0. The SMILES string of the molecule is BrCc1ccccc1.C.CC(C)(C)c1cc(Cl)c(Cl)c(N(Cc2ccccc2)c2ccc(-c3nc4ccccc4o3)cc2)c1.CC(C)(C)c1cc(Cl)c(Cl)c(Nc2ccc(-c3nc4ccccc4o3)cc2)c1.O=CO[O-].[H-].[K+].[K+]. The van der Waals surface area contributed by atoms with Crippen molar-refractivity contribution in [2.75, 3.05) is 10.2 Å². The molecule has 0 saturated heterocycles. The van der Waals surface area contributed by atoms with E-state index >= 15 is 0 Å². The second kappa shape index (κ2) is 31.7. The zero-order valence-electron chi connectivity index (χ0n) is 45.1. The van der Waals surface area contributed by atoms with Crippen molar-refractivity contribution >= 4 is 114 Å². The fraction of sp³-hybridized carbons (Fsp3) is 0.177. The number of benzene rings is 8. The van der Waals surface area contributed by atoms with Gasteiger partial charge in [-0.25, -0.2) is 9.97 Å². The summed E-state index contributed by atoms with van der Waals surface area (Å²) in [4.78, 5) is 22.6. The molecule has 0 aliphatic rings. The van der Waals surface area contributed by atoms with Crippen molar-refractivity contribution in [2.24, 2.45) is 0 Å². The van der Waals surface area contributed by atoms with Crippen molar-refractivity contribution in [2.45, 2.75) is 71.7 Å². The fourth-order valence-electron chi connectivity index (χ4n) is 7.59. The van der Waals surface area contributed by atoms with E-state index in [4.69, 9.17) is 65.3 Å². The van der Waals surface area contributed by atoms with Gasteiger partial charge in [-0.05, 0) is 130 Å². The van der Waals surface area contributed by atoms with E-state index in [0.717, 1.165) is 72.5 Å². The van der Waals surface area contributed by atoms with Gasteiger partial charge < -0.3 is 30.6 Å². The van der Waals surface area contributed by atoms with E-state index in [9.17, 15) is 0 Å². The number of hydrogen-bond acceptors (Lipinski definition) is 9. The fourth-order valence-corrected chi connectivity index (χ4v) is 8.77. The number of fused-ring (bicyclic) bond motifs is 2. The van der Waals surface area contributed by atoms with Crippen LogP contribution in [0.4, 0.5) is 22.7 Å². The summed E-state index contributed by atoms with van der Waals surface area (Å²) in [5.41, 5.74) is 13.3. The molecule has 394 valence electrons. The molecule has 10 rings (SSSR count). The molecule has 16 heteroatoms. The average molecular weight is 1240 g/mol. The number of carbonyl (C=O) groups is 1. The number of nitrogens with zero attached hydrogens (tertiary/aromatic N) is 3. The summed E-state index contributed by atoms with van der Waals surface area (Å²) >= 11 is 29.5. The Hall–Kier alpha value is -3.36. The van der Waals surface area contributed by atoms with Crippen LogP contribution >= 0.6 is 62.3 Å². The van der Waals surface area contributed by atoms with E-state index in [2.05, 4.69) is 125 Å². The van der Waals surface area contributed by atoms with Crippen molar-refractivity contribution in [1.29, 1.82) is 0 Å². The average Bonchev–Trinajstić information content (AvgIpc) is 4.07. The summed E-state index contributed by atoms with van der Waals surface area (Å²) < 4.78 is 11.8. The first-order chi connectivity index (χ1) is 35.9. The molecule has 0 unspecified atom stereocenters. The predicted octanol–water partition coefficient (Wildman–Crippen LogP) is 13.1. The zero-order valence-corrected chi connectivity index (χ0v) is 54.9. The van der Waals surface area contributed by atoms with Crippen molar-refractivity contribution in [3.63, 3.8) is 0 Å². The normalized spacial score (nSPS) is 10.7. The molecule has 0 aliphatic carbocycles. The van der Waals surface area contributed by atoms with Crippen LogP contribution in [0.25, 0.3) is 45.1 Å². The van der Waals surface area contributed by atoms with Gasteiger partial charge in [-0.3, -0.25) is 4.79 Å². The van der Waals surface area contributed by atoms with Crippen molar-refractivity contribution in [3.8, 4) is 22.9 Å². The number of oxazole rings is 2. The molecule has 0 atom stereocenters. The van der Waals surface area contributed by atoms with Crippen LogP contribution in [0.1, 0.15) is 72.6 Å². The first-order valence-corrected chi connectivity index (χ1v) is 26.4. The number of halogens is 5. The minimum atomic E-state index is -0.181. The van der Waals surface area contributed by atoms with Crippen LogP contribution in [-0.2, 0) is 32.4 Å². The maximum atomic E-state index is 8.64. The number of nitrogens with one attached hydrogen (secondary N) is 1. The van der Waals surface area contributed by atoms with Crippen LogP contribution in [0.3, 0.4) is 0 Å². The molecule has 0 radical (unpaired) electrons. The van der Waals surface area contributed by atoms with Crippen LogP contribution in [0, 0.1) is 0 Å². The van der Waals surface area contributed by atoms with Crippen molar-refractivity contribution in [3.05, 3.63) is 224 Å². The molecule has 0 fully saturated rings. The molecule has 8 aromatic carbocycles. The van der Waals surface area contributed by atoms with E-state index in [1.54, 1.807) is 0 Å². The third-order valence-electron chi connectivity index (χ3n) is 11.7. The molecule has 2 heterocycles.